The number of hydrogen-bond donors (Lipinski definition) is 0. The molecule has 20 heavy (non-hydrogen) atoms. The summed E-state index contributed by atoms with van der Waals surface area (Å²) in [6.45, 7) is 6.41. The van der Waals surface area contributed by atoms with E-state index in [9.17, 15) is 9.59 Å². The Morgan fingerprint density at radius 1 is 1.20 bits per heavy atom. The zero-order chi connectivity index (χ0) is 14.9. The molecule has 1 aliphatic heterocycles. The van der Waals surface area contributed by atoms with Crippen LogP contribution in [-0.2, 0) is 24.7 Å². The van der Waals surface area contributed by atoms with Crippen molar-refractivity contribution >= 4 is 11.9 Å². The van der Waals surface area contributed by atoms with Gasteiger partial charge in [0.25, 0.3) is 6.29 Å². The molecule has 0 bridgehead atoms. The quantitative estimate of drug-likeness (QED) is 0.794. The number of carbonyl (C=O) groups is 2. The van der Waals surface area contributed by atoms with Gasteiger partial charge < -0.3 is 14.2 Å². The minimum Gasteiger partial charge on any atom is -0.450 e. The smallest absolute Gasteiger partial charge is 0.305 e. The number of ether oxygens (including phenoxy) is 3. The lowest BCUT2D eigenvalue weighted by Crippen LogP contribution is -2.48. The van der Waals surface area contributed by atoms with Gasteiger partial charge in [0, 0.05) is 25.3 Å². The molecule has 2 atom stereocenters. The average molecular weight is 278 g/mol. The van der Waals surface area contributed by atoms with Crippen LogP contribution in [0.4, 0.5) is 0 Å². The van der Waals surface area contributed by atoms with Crippen LogP contribution in [0.5, 0.6) is 5.75 Å². The van der Waals surface area contributed by atoms with Crippen LogP contribution in [0, 0.1) is 5.92 Å². The van der Waals surface area contributed by atoms with Gasteiger partial charge in [0.1, 0.15) is 5.75 Å². The van der Waals surface area contributed by atoms with E-state index in [0.29, 0.717) is 5.75 Å². The second-order valence-electron chi connectivity index (χ2n) is 5.10. The van der Waals surface area contributed by atoms with Gasteiger partial charge in [0.15, 0.2) is 0 Å². The molecule has 0 aliphatic carbocycles. The molecule has 0 radical (unpaired) electrons. The summed E-state index contributed by atoms with van der Waals surface area (Å²) in [6, 6.07) is 7.23. The Labute approximate surface area is 117 Å². The van der Waals surface area contributed by atoms with Crippen molar-refractivity contribution in [2.24, 2.45) is 5.92 Å². The maximum absolute atomic E-state index is 11.5. The molecular formula is C15H18O5. The Bertz CT molecular complexity index is 537. The predicted molar refractivity (Wildman–Crippen MR) is 70.9 cm³/mol. The number of rotatable bonds is 3. The van der Waals surface area contributed by atoms with Gasteiger partial charge in [-0.15, -0.1) is 0 Å². The van der Waals surface area contributed by atoms with Gasteiger partial charge in [0.05, 0.1) is 0 Å². The first-order valence-corrected chi connectivity index (χ1v) is 6.51. The molecule has 0 saturated heterocycles. The molecule has 5 heteroatoms. The summed E-state index contributed by atoms with van der Waals surface area (Å²) < 4.78 is 16.5. The molecule has 0 saturated carbocycles. The molecular weight excluding hydrogens is 260 g/mol. The number of hydrogen-bond acceptors (Lipinski definition) is 5. The highest BCUT2D eigenvalue weighted by Gasteiger charge is 2.56. The van der Waals surface area contributed by atoms with E-state index in [4.69, 9.17) is 14.2 Å². The van der Waals surface area contributed by atoms with E-state index in [2.05, 4.69) is 0 Å². The summed E-state index contributed by atoms with van der Waals surface area (Å²) in [5.41, 5.74) is -0.398. The number of carbonyl (C=O) groups excluding carboxylic acids is 2. The van der Waals surface area contributed by atoms with Gasteiger partial charge in [-0.3, -0.25) is 9.59 Å². The molecule has 0 spiro atoms. The fourth-order valence-electron chi connectivity index (χ4n) is 2.53. The second kappa shape index (κ2) is 5.15. The molecule has 1 heterocycles. The van der Waals surface area contributed by atoms with E-state index in [1.165, 1.54) is 13.8 Å². The number of fused-ring (bicyclic) bond motifs is 1. The molecule has 0 N–H and O–H groups in total. The summed E-state index contributed by atoms with van der Waals surface area (Å²) in [4.78, 5) is 22.8. The maximum Gasteiger partial charge on any atom is 0.305 e. The van der Waals surface area contributed by atoms with Crippen LogP contribution in [0.2, 0.25) is 0 Å². The van der Waals surface area contributed by atoms with Crippen LogP contribution < -0.4 is 4.74 Å². The fourth-order valence-corrected chi connectivity index (χ4v) is 2.53. The van der Waals surface area contributed by atoms with Gasteiger partial charge in [-0.05, 0) is 6.07 Å². The second-order valence-corrected chi connectivity index (χ2v) is 5.10. The van der Waals surface area contributed by atoms with Gasteiger partial charge in [0.2, 0.25) is 5.60 Å². The molecule has 108 valence electrons. The highest BCUT2D eigenvalue weighted by molar-refractivity contribution is 5.69. The molecule has 2 rings (SSSR count). The monoisotopic (exact) mass is 278 g/mol. The standard InChI is InChI=1S/C15H18O5/c1-9(2)15(20-11(4)17)12-7-5-6-8-13(12)19-14(15)18-10(3)16/h5-9,14H,1-4H3/t14-,15-/m0/s1. The van der Waals surface area contributed by atoms with Crippen molar-refractivity contribution in [1.82, 2.24) is 0 Å². The van der Waals surface area contributed by atoms with Crippen LogP contribution >= 0.6 is 0 Å². The highest BCUT2D eigenvalue weighted by Crippen LogP contribution is 2.49. The Morgan fingerprint density at radius 2 is 1.85 bits per heavy atom. The molecule has 0 amide bonds. The fraction of sp³-hybridized carbons (Fsp3) is 0.467. The van der Waals surface area contributed by atoms with Crippen LogP contribution in [0.3, 0.4) is 0 Å². The van der Waals surface area contributed by atoms with Crippen molar-refractivity contribution < 1.29 is 23.8 Å². The SMILES string of the molecule is CC(=O)O[C@H]1Oc2ccccc2[C@@]1(OC(C)=O)C(C)C. The Morgan fingerprint density at radius 3 is 2.40 bits per heavy atom. The van der Waals surface area contributed by atoms with Gasteiger partial charge in [-0.1, -0.05) is 32.0 Å². The van der Waals surface area contributed by atoms with E-state index in [0.717, 1.165) is 5.56 Å². The van der Waals surface area contributed by atoms with E-state index in [-0.39, 0.29) is 5.92 Å². The Hall–Kier alpha value is -2.04. The van der Waals surface area contributed by atoms with Gasteiger partial charge in [-0.2, -0.15) is 0 Å². The van der Waals surface area contributed by atoms with Crippen molar-refractivity contribution in [3.63, 3.8) is 0 Å². The normalized spacial score (nSPS) is 23.9. The summed E-state index contributed by atoms with van der Waals surface area (Å²) in [5.74, 6) is -0.496. The molecule has 1 aromatic carbocycles. The minimum atomic E-state index is -1.12. The van der Waals surface area contributed by atoms with E-state index in [1.807, 2.05) is 32.0 Å². The van der Waals surface area contributed by atoms with Crippen LogP contribution in [0.25, 0.3) is 0 Å². The largest absolute Gasteiger partial charge is 0.450 e. The van der Waals surface area contributed by atoms with E-state index >= 15 is 0 Å². The summed E-state index contributed by atoms with van der Waals surface area (Å²) in [5, 5.41) is 0. The van der Waals surface area contributed by atoms with Crippen LogP contribution in [0.15, 0.2) is 24.3 Å². The van der Waals surface area contributed by atoms with Crippen molar-refractivity contribution in [2.45, 2.75) is 39.6 Å². The average Bonchev–Trinajstić information content (AvgIpc) is 2.63. The van der Waals surface area contributed by atoms with Crippen molar-refractivity contribution in [2.75, 3.05) is 0 Å². The van der Waals surface area contributed by atoms with Gasteiger partial charge >= 0.3 is 11.9 Å². The zero-order valence-corrected chi connectivity index (χ0v) is 12.0. The third kappa shape index (κ3) is 2.24. The van der Waals surface area contributed by atoms with Crippen LogP contribution in [0.1, 0.15) is 33.3 Å². The zero-order valence-electron chi connectivity index (χ0n) is 12.0. The molecule has 1 aromatic rings. The first-order chi connectivity index (χ1) is 9.37. The van der Waals surface area contributed by atoms with Crippen molar-refractivity contribution in [1.29, 1.82) is 0 Å². The lowest BCUT2D eigenvalue weighted by Gasteiger charge is -2.35. The predicted octanol–water partition coefficient (Wildman–Crippen LogP) is 2.38. The van der Waals surface area contributed by atoms with Crippen LogP contribution in [-0.4, -0.2) is 18.2 Å². The lowest BCUT2D eigenvalue weighted by atomic mass is 9.83. The maximum atomic E-state index is 11.5. The molecule has 0 fully saturated rings. The third-order valence-electron chi connectivity index (χ3n) is 3.34. The summed E-state index contributed by atoms with van der Waals surface area (Å²) in [7, 11) is 0. The van der Waals surface area contributed by atoms with Crippen molar-refractivity contribution in [3.05, 3.63) is 29.8 Å². The first kappa shape index (κ1) is 14.4. The highest BCUT2D eigenvalue weighted by atomic mass is 16.7. The summed E-state index contributed by atoms with van der Waals surface area (Å²) >= 11 is 0. The number of esters is 2. The third-order valence-corrected chi connectivity index (χ3v) is 3.34. The molecule has 0 unspecified atom stereocenters. The topological polar surface area (TPSA) is 61.8 Å². The minimum absolute atomic E-state index is 0.126. The Balaban J connectivity index is 2.55. The molecule has 1 aliphatic rings. The van der Waals surface area contributed by atoms with E-state index in [1.54, 1.807) is 6.07 Å². The van der Waals surface area contributed by atoms with E-state index < -0.39 is 23.8 Å². The van der Waals surface area contributed by atoms with Crippen molar-refractivity contribution in [3.8, 4) is 5.75 Å². The van der Waals surface area contributed by atoms with Gasteiger partial charge in [-0.25, -0.2) is 0 Å². The number of benzene rings is 1. The number of para-hydroxylation sites is 1. The molecule has 0 aromatic heterocycles. The lowest BCUT2D eigenvalue weighted by molar-refractivity contribution is -0.222. The first-order valence-electron chi connectivity index (χ1n) is 6.51. The Kier molecular flexibility index (Phi) is 3.70. The summed E-state index contributed by atoms with van der Waals surface area (Å²) in [6.07, 6.45) is -0.971. The molecule has 5 nitrogen and oxygen atoms in total.